The lowest BCUT2D eigenvalue weighted by atomic mass is 10.0. The molecule has 0 aliphatic rings. The summed E-state index contributed by atoms with van der Waals surface area (Å²) >= 11 is 0. The summed E-state index contributed by atoms with van der Waals surface area (Å²) in [6.45, 7) is 7.87. The number of amides is 1. The SMILES string of the molecule is C=CC(=O)Nc1cc(Cc2nccc(C(O)c3ccc(OCCC)cc3)n2)c(OC)cc1N(C)CCN(C)C. The Hall–Kier alpha value is -3.95. The number of likely N-dealkylation sites (N-methyl/N-ethyl adjacent to an activating group) is 2. The first kappa shape index (κ1) is 29.6. The third-order valence-corrected chi connectivity index (χ3v) is 6.16. The fraction of sp³-hybridized carbons (Fsp3) is 0.367. The Kier molecular flexibility index (Phi) is 10.8. The van der Waals surface area contributed by atoms with Gasteiger partial charge in [-0.1, -0.05) is 25.6 Å². The number of carbonyl (C=O) groups is 1. The molecule has 0 spiro atoms. The van der Waals surface area contributed by atoms with Gasteiger partial charge in [-0.3, -0.25) is 4.79 Å². The molecule has 3 rings (SSSR count). The van der Waals surface area contributed by atoms with E-state index < -0.39 is 6.10 Å². The second-order valence-corrected chi connectivity index (χ2v) is 9.49. The van der Waals surface area contributed by atoms with Crippen LogP contribution in [0.5, 0.6) is 11.5 Å². The number of anilines is 2. The van der Waals surface area contributed by atoms with Crippen molar-refractivity contribution in [1.29, 1.82) is 0 Å². The van der Waals surface area contributed by atoms with Crippen molar-refractivity contribution in [3.05, 3.63) is 84.0 Å². The quantitative estimate of drug-likeness (QED) is 0.299. The van der Waals surface area contributed by atoms with E-state index in [4.69, 9.17) is 9.47 Å². The minimum atomic E-state index is -0.913. The number of methoxy groups -OCH3 is 1. The maximum Gasteiger partial charge on any atom is 0.247 e. The predicted octanol–water partition coefficient (Wildman–Crippen LogP) is 4.07. The molecule has 1 aromatic heterocycles. The summed E-state index contributed by atoms with van der Waals surface area (Å²) in [5.41, 5.74) is 3.45. The van der Waals surface area contributed by atoms with Gasteiger partial charge in [0.2, 0.25) is 5.91 Å². The van der Waals surface area contributed by atoms with Gasteiger partial charge in [-0.15, -0.1) is 0 Å². The molecule has 1 atom stereocenters. The Morgan fingerprint density at radius 3 is 2.54 bits per heavy atom. The van der Waals surface area contributed by atoms with Gasteiger partial charge in [0, 0.05) is 44.4 Å². The van der Waals surface area contributed by atoms with Crippen LogP contribution in [0.25, 0.3) is 0 Å². The molecule has 0 bridgehead atoms. The highest BCUT2D eigenvalue weighted by atomic mass is 16.5. The van der Waals surface area contributed by atoms with Crippen LogP contribution in [0.15, 0.2) is 61.3 Å². The van der Waals surface area contributed by atoms with E-state index in [0.29, 0.717) is 41.5 Å². The fourth-order valence-corrected chi connectivity index (χ4v) is 3.97. The second-order valence-electron chi connectivity index (χ2n) is 9.49. The predicted molar refractivity (Wildman–Crippen MR) is 155 cm³/mol. The van der Waals surface area contributed by atoms with Crippen molar-refractivity contribution in [2.24, 2.45) is 0 Å². The Balaban J connectivity index is 1.88. The van der Waals surface area contributed by atoms with Crippen molar-refractivity contribution >= 4 is 17.3 Å². The molecule has 0 aliphatic carbocycles. The minimum absolute atomic E-state index is 0.305. The van der Waals surface area contributed by atoms with Gasteiger partial charge in [0.25, 0.3) is 0 Å². The highest BCUT2D eigenvalue weighted by Gasteiger charge is 2.18. The van der Waals surface area contributed by atoms with Gasteiger partial charge in [-0.2, -0.15) is 0 Å². The van der Waals surface area contributed by atoms with Crippen molar-refractivity contribution in [3.8, 4) is 11.5 Å². The largest absolute Gasteiger partial charge is 0.496 e. The number of aliphatic hydroxyl groups excluding tert-OH is 1. The number of nitrogens with one attached hydrogen (secondary N) is 1. The van der Waals surface area contributed by atoms with E-state index in [9.17, 15) is 9.90 Å². The molecular weight excluding hydrogens is 494 g/mol. The van der Waals surface area contributed by atoms with Crippen LogP contribution < -0.4 is 19.7 Å². The van der Waals surface area contributed by atoms with E-state index in [2.05, 4.69) is 38.6 Å². The topological polar surface area (TPSA) is 100 Å². The van der Waals surface area contributed by atoms with Gasteiger partial charge in [-0.25, -0.2) is 9.97 Å². The first-order chi connectivity index (χ1) is 18.7. The lowest BCUT2D eigenvalue weighted by Crippen LogP contribution is -2.29. The van der Waals surface area contributed by atoms with Crippen LogP contribution in [-0.2, 0) is 11.2 Å². The molecule has 3 aromatic rings. The van der Waals surface area contributed by atoms with Crippen molar-refractivity contribution in [1.82, 2.24) is 14.9 Å². The maximum absolute atomic E-state index is 12.2. The molecule has 1 heterocycles. The first-order valence-electron chi connectivity index (χ1n) is 13.0. The highest BCUT2D eigenvalue weighted by molar-refractivity contribution is 6.01. The maximum atomic E-state index is 12.2. The van der Waals surface area contributed by atoms with E-state index in [-0.39, 0.29) is 5.91 Å². The Morgan fingerprint density at radius 2 is 1.90 bits per heavy atom. The smallest absolute Gasteiger partial charge is 0.247 e. The third-order valence-electron chi connectivity index (χ3n) is 6.16. The fourth-order valence-electron chi connectivity index (χ4n) is 3.97. The molecule has 208 valence electrons. The van der Waals surface area contributed by atoms with Crippen molar-refractivity contribution in [2.75, 3.05) is 58.2 Å². The van der Waals surface area contributed by atoms with E-state index in [1.807, 2.05) is 57.5 Å². The lowest BCUT2D eigenvalue weighted by molar-refractivity contribution is -0.111. The zero-order valence-electron chi connectivity index (χ0n) is 23.5. The van der Waals surface area contributed by atoms with Crippen LogP contribution >= 0.6 is 0 Å². The number of nitrogens with zero attached hydrogens (tertiary/aromatic N) is 4. The van der Waals surface area contributed by atoms with E-state index in [1.165, 1.54) is 6.08 Å². The van der Waals surface area contributed by atoms with Crippen LogP contribution in [0.1, 0.15) is 42.1 Å². The number of rotatable bonds is 14. The van der Waals surface area contributed by atoms with Gasteiger partial charge in [0.05, 0.1) is 30.8 Å². The average Bonchev–Trinajstić information content (AvgIpc) is 2.94. The number of ether oxygens (including phenoxy) is 2. The van der Waals surface area contributed by atoms with Crippen LogP contribution in [0, 0.1) is 0 Å². The molecule has 2 N–H and O–H groups in total. The zero-order valence-corrected chi connectivity index (χ0v) is 23.5. The molecule has 39 heavy (non-hydrogen) atoms. The standard InChI is InChI=1S/C30H39N5O4/c1-7-17-39-23-11-9-21(10-12-23)30(37)24-13-14-31-28(32-24)19-22-18-25(33-29(36)8-2)26(20-27(22)38-6)35(5)16-15-34(3)4/h8-14,18,20,30,37H,2,7,15-17,19H2,1,3-6H3,(H,33,36). The minimum Gasteiger partial charge on any atom is -0.496 e. The third kappa shape index (κ3) is 8.27. The Labute approximate surface area is 231 Å². The molecule has 1 amide bonds. The van der Waals surface area contributed by atoms with Crippen molar-refractivity contribution in [2.45, 2.75) is 25.9 Å². The van der Waals surface area contributed by atoms with Crippen LogP contribution in [-0.4, -0.2) is 73.8 Å². The molecule has 1 unspecified atom stereocenters. The number of benzene rings is 2. The van der Waals surface area contributed by atoms with Gasteiger partial charge < -0.3 is 29.7 Å². The normalized spacial score (nSPS) is 11.7. The van der Waals surface area contributed by atoms with Gasteiger partial charge in [0.15, 0.2) is 0 Å². The van der Waals surface area contributed by atoms with Crippen molar-refractivity contribution in [3.63, 3.8) is 0 Å². The lowest BCUT2D eigenvalue weighted by Gasteiger charge is -2.25. The summed E-state index contributed by atoms with van der Waals surface area (Å²) in [4.78, 5) is 25.5. The summed E-state index contributed by atoms with van der Waals surface area (Å²) in [5.74, 6) is 1.62. The monoisotopic (exact) mass is 533 g/mol. The molecule has 9 nitrogen and oxygen atoms in total. The van der Waals surface area contributed by atoms with E-state index >= 15 is 0 Å². The number of aliphatic hydroxyl groups is 1. The van der Waals surface area contributed by atoms with Crippen LogP contribution in [0.2, 0.25) is 0 Å². The van der Waals surface area contributed by atoms with Gasteiger partial charge in [0.1, 0.15) is 23.4 Å². The van der Waals surface area contributed by atoms with Gasteiger partial charge in [-0.05, 0) is 56.4 Å². The summed E-state index contributed by atoms with van der Waals surface area (Å²) in [5, 5.41) is 13.9. The number of hydrogen-bond donors (Lipinski definition) is 2. The highest BCUT2D eigenvalue weighted by Crippen LogP contribution is 2.35. The van der Waals surface area contributed by atoms with Crippen LogP contribution in [0.4, 0.5) is 11.4 Å². The number of carbonyl (C=O) groups excluding carboxylic acids is 1. The van der Waals surface area contributed by atoms with Crippen molar-refractivity contribution < 1.29 is 19.4 Å². The molecule has 0 radical (unpaired) electrons. The summed E-state index contributed by atoms with van der Waals surface area (Å²) in [6.07, 6.45) is 3.23. The molecule has 0 fully saturated rings. The molecule has 0 saturated carbocycles. The molecule has 0 aliphatic heterocycles. The summed E-state index contributed by atoms with van der Waals surface area (Å²) in [7, 11) is 7.61. The zero-order chi connectivity index (χ0) is 28.4. The first-order valence-corrected chi connectivity index (χ1v) is 13.0. The number of aromatic nitrogens is 2. The summed E-state index contributed by atoms with van der Waals surface area (Å²) in [6, 6.07) is 12.8. The average molecular weight is 534 g/mol. The Morgan fingerprint density at radius 1 is 1.15 bits per heavy atom. The second kappa shape index (κ2) is 14.3. The van der Waals surface area contributed by atoms with E-state index in [1.54, 1.807) is 19.4 Å². The van der Waals surface area contributed by atoms with Crippen LogP contribution in [0.3, 0.4) is 0 Å². The molecular formula is C30H39N5O4. The Bertz CT molecular complexity index is 1250. The van der Waals surface area contributed by atoms with E-state index in [0.717, 1.165) is 36.5 Å². The van der Waals surface area contributed by atoms with Gasteiger partial charge >= 0.3 is 0 Å². The molecule has 2 aromatic carbocycles. The number of hydrogen-bond acceptors (Lipinski definition) is 8. The summed E-state index contributed by atoms with van der Waals surface area (Å²) < 4.78 is 11.4. The molecule has 9 heteroatoms. The molecule has 0 saturated heterocycles.